The second-order valence-electron chi connectivity index (χ2n) is 4.02. The molecular formula is C13H19N3. The maximum absolute atomic E-state index is 4.50. The zero-order valence-electron chi connectivity index (χ0n) is 9.98. The maximum atomic E-state index is 4.50. The monoisotopic (exact) mass is 217 g/mol. The molecule has 1 heterocycles. The van der Waals surface area contributed by atoms with E-state index in [9.17, 15) is 0 Å². The number of rotatable bonds is 5. The molecule has 3 nitrogen and oxygen atoms in total. The first-order chi connectivity index (χ1) is 7.86. The Morgan fingerprint density at radius 3 is 2.88 bits per heavy atom. The molecule has 1 unspecified atom stereocenters. The van der Waals surface area contributed by atoms with E-state index in [0.29, 0.717) is 6.04 Å². The van der Waals surface area contributed by atoms with E-state index in [1.54, 1.807) is 0 Å². The predicted octanol–water partition coefficient (Wildman–Crippen LogP) is 2.60. The summed E-state index contributed by atoms with van der Waals surface area (Å²) in [5.41, 5.74) is 1.23. The van der Waals surface area contributed by atoms with Gasteiger partial charge in [-0.1, -0.05) is 32.0 Å². The molecule has 2 aromatic rings. The van der Waals surface area contributed by atoms with Gasteiger partial charge in [0.05, 0.1) is 17.8 Å². The number of hydrogen-bond donors (Lipinski definition) is 1. The highest BCUT2D eigenvalue weighted by molar-refractivity contribution is 5.78. The van der Waals surface area contributed by atoms with Crippen molar-refractivity contribution >= 4 is 10.9 Å². The van der Waals surface area contributed by atoms with E-state index in [0.717, 1.165) is 19.5 Å². The molecule has 0 amide bonds. The lowest BCUT2D eigenvalue weighted by Crippen LogP contribution is -2.25. The van der Waals surface area contributed by atoms with Crippen LogP contribution in [0.4, 0.5) is 0 Å². The van der Waals surface area contributed by atoms with Gasteiger partial charge in [-0.2, -0.15) is 5.10 Å². The van der Waals surface area contributed by atoms with Gasteiger partial charge >= 0.3 is 0 Å². The number of aromatic nitrogens is 2. The van der Waals surface area contributed by atoms with Gasteiger partial charge < -0.3 is 5.32 Å². The van der Waals surface area contributed by atoms with E-state index in [-0.39, 0.29) is 0 Å². The Kier molecular flexibility index (Phi) is 3.57. The van der Waals surface area contributed by atoms with Gasteiger partial charge in [0.1, 0.15) is 0 Å². The van der Waals surface area contributed by atoms with Gasteiger partial charge in [-0.05, 0) is 19.0 Å². The van der Waals surface area contributed by atoms with Crippen molar-refractivity contribution in [3.63, 3.8) is 0 Å². The van der Waals surface area contributed by atoms with Gasteiger partial charge in [0, 0.05) is 11.9 Å². The Hall–Kier alpha value is -1.35. The summed E-state index contributed by atoms with van der Waals surface area (Å²) in [6.07, 6.45) is 3.04. The molecule has 0 aliphatic carbocycles. The summed E-state index contributed by atoms with van der Waals surface area (Å²) in [6, 6.07) is 8.82. The Bertz CT molecular complexity index is 447. The van der Waals surface area contributed by atoms with Gasteiger partial charge in [-0.15, -0.1) is 0 Å². The smallest absolute Gasteiger partial charge is 0.0686 e. The lowest BCUT2D eigenvalue weighted by Gasteiger charge is -2.17. The molecule has 0 aliphatic rings. The summed E-state index contributed by atoms with van der Waals surface area (Å²) in [5.74, 6) is 0. The molecule has 2 rings (SSSR count). The molecule has 16 heavy (non-hydrogen) atoms. The average Bonchev–Trinajstić information content (AvgIpc) is 2.75. The summed E-state index contributed by atoms with van der Waals surface area (Å²) in [5, 5.41) is 9.11. The third-order valence-corrected chi connectivity index (χ3v) is 2.95. The molecule has 0 radical (unpaired) electrons. The van der Waals surface area contributed by atoms with Crippen molar-refractivity contribution in [3.05, 3.63) is 30.5 Å². The first-order valence-corrected chi connectivity index (χ1v) is 5.99. The van der Waals surface area contributed by atoms with Crippen LogP contribution in [0.1, 0.15) is 26.3 Å². The van der Waals surface area contributed by atoms with E-state index in [1.165, 1.54) is 10.9 Å². The number of nitrogens with one attached hydrogen (secondary N) is 1. The van der Waals surface area contributed by atoms with Crippen molar-refractivity contribution in [2.75, 3.05) is 13.1 Å². The number of benzene rings is 1. The highest BCUT2D eigenvalue weighted by Gasteiger charge is 2.11. The standard InChI is InChI=1S/C13H19N3/c1-3-12(10-14-4-2)16-13-8-6-5-7-11(13)9-15-16/h5-9,12,14H,3-4,10H2,1-2H3. The zero-order valence-corrected chi connectivity index (χ0v) is 9.98. The van der Waals surface area contributed by atoms with E-state index in [4.69, 9.17) is 0 Å². The van der Waals surface area contributed by atoms with Crippen molar-refractivity contribution in [2.45, 2.75) is 26.3 Å². The van der Waals surface area contributed by atoms with Gasteiger partial charge in [0.25, 0.3) is 0 Å². The Labute approximate surface area is 96.5 Å². The van der Waals surface area contributed by atoms with Gasteiger partial charge in [0.2, 0.25) is 0 Å². The third-order valence-electron chi connectivity index (χ3n) is 2.95. The Morgan fingerprint density at radius 2 is 2.12 bits per heavy atom. The maximum Gasteiger partial charge on any atom is 0.0686 e. The zero-order chi connectivity index (χ0) is 11.4. The average molecular weight is 217 g/mol. The largest absolute Gasteiger partial charge is 0.315 e. The van der Waals surface area contributed by atoms with Crippen molar-refractivity contribution in [2.24, 2.45) is 0 Å². The molecule has 1 aromatic carbocycles. The second-order valence-corrected chi connectivity index (χ2v) is 4.02. The van der Waals surface area contributed by atoms with E-state index in [1.807, 2.05) is 6.20 Å². The molecule has 0 bridgehead atoms. The summed E-state index contributed by atoms with van der Waals surface area (Å²) in [7, 11) is 0. The molecule has 1 aromatic heterocycles. The molecule has 1 N–H and O–H groups in total. The van der Waals surface area contributed by atoms with Crippen LogP contribution in [0.3, 0.4) is 0 Å². The number of nitrogens with zero attached hydrogens (tertiary/aromatic N) is 2. The van der Waals surface area contributed by atoms with Gasteiger partial charge in [-0.25, -0.2) is 0 Å². The summed E-state index contributed by atoms with van der Waals surface area (Å²) in [6.45, 7) is 6.33. The lowest BCUT2D eigenvalue weighted by molar-refractivity contribution is 0.427. The van der Waals surface area contributed by atoms with E-state index in [2.05, 4.69) is 53.2 Å². The fraction of sp³-hybridized carbons (Fsp3) is 0.462. The van der Waals surface area contributed by atoms with Gasteiger partial charge in [0.15, 0.2) is 0 Å². The summed E-state index contributed by atoms with van der Waals surface area (Å²) >= 11 is 0. The van der Waals surface area contributed by atoms with Crippen molar-refractivity contribution in [1.82, 2.24) is 15.1 Å². The van der Waals surface area contributed by atoms with Crippen LogP contribution in [-0.4, -0.2) is 22.9 Å². The molecule has 1 atom stereocenters. The first-order valence-electron chi connectivity index (χ1n) is 5.99. The molecule has 0 aliphatic heterocycles. The number of para-hydroxylation sites is 1. The molecule has 0 spiro atoms. The van der Waals surface area contributed by atoms with E-state index < -0.39 is 0 Å². The molecule has 0 saturated carbocycles. The summed E-state index contributed by atoms with van der Waals surface area (Å²) in [4.78, 5) is 0. The molecule has 86 valence electrons. The van der Waals surface area contributed by atoms with Crippen LogP contribution in [0.15, 0.2) is 30.5 Å². The Balaban J connectivity index is 2.30. The minimum Gasteiger partial charge on any atom is -0.315 e. The highest BCUT2D eigenvalue weighted by Crippen LogP contribution is 2.18. The third kappa shape index (κ3) is 2.09. The fourth-order valence-electron chi connectivity index (χ4n) is 2.00. The molecule has 0 saturated heterocycles. The highest BCUT2D eigenvalue weighted by atomic mass is 15.3. The minimum absolute atomic E-state index is 0.444. The predicted molar refractivity (Wildman–Crippen MR) is 67.6 cm³/mol. The number of likely N-dealkylation sites (N-methyl/N-ethyl adjacent to an activating group) is 1. The molecular weight excluding hydrogens is 198 g/mol. The van der Waals surface area contributed by atoms with Crippen LogP contribution in [0.25, 0.3) is 10.9 Å². The van der Waals surface area contributed by atoms with Gasteiger partial charge in [-0.3, -0.25) is 4.68 Å². The normalized spacial score (nSPS) is 13.1. The molecule has 3 heteroatoms. The summed E-state index contributed by atoms with van der Waals surface area (Å²) < 4.78 is 2.14. The van der Waals surface area contributed by atoms with Crippen LogP contribution in [-0.2, 0) is 0 Å². The minimum atomic E-state index is 0.444. The van der Waals surface area contributed by atoms with Crippen molar-refractivity contribution < 1.29 is 0 Å². The number of fused-ring (bicyclic) bond motifs is 1. The molecule has 0 fully saturated rings. The van der Waals surface area contributed by atoms with E-state index >= 15 is 0 Å². The fourth-order valence-corrected chi connectivity index (χ4v) is 2.00. The second kappa shape index (κ2) is 5.12. The van der Waals surface area contributed by atoms with Crippen LogP contribution < -0.4 is 5.32 Å². The van der Waals surface area contributed by atoms with Crippen LogP contribution in [0.5, 0.6) is 0 Å². The van der Waals surface area contributed by atoms with Crippen LogP contribution in [0, 0.1) is 0 Å². The van der Waals surface area contributed by atoms with Crippen molar-refractivity contribution in [1.29, 1.82) is 0 Å². The quantitative estimate of drug-likeness (QED) is 0.834. The van der Waals surface area contributed by atoms with Crippen molar-refractivity contribution in [3.8, 4) is 0 Å². The van der Waals surface area contributed by atoms with Crippen LogP contribution in [0.2, 0.25) is 0 Å². The first kappa shape index (κ1) is 11.1. The lowest BCUT2D eigenvalue weighted by atomic mass is 10.2. The topological polar surface area (TPSA) is 29.9 Å². The number of hydrogen-bond acceptors (Lipinski definition) is 2. The van der Waals surface area contributed by atoms with Crippen LogP contribution >= 0.6 is 0 Å². The SMILES string of the molecule is CCNCC(CC)n1ncc2ccccc21. The Morgan fingerprint density at radius 1 is 1.31 bits per heavy atom.